The average molecular weight is 409 g/mol. The Hall–Kier alpha value is -3.62. The van der Waals surface area contributed by atoms with Crippen molar-refractivity contribution in [3.05, 3.63) is 47.9 Å². The van der Waals surface area contributed by atoms with Crippen LogP contribution >= 0.6 is 0 Å². The maximum atomic E-state index is 12.1. The van der Waals surface area contributed by atoms with Gasteiger partial charge < -0.3 is 15.4 Å². The van der Waals surface area contributed by atoms with E-state index < -0.39 is 11.7 Å². The van der Waals surface area contributed by atoms with Gasteiger partial charge in [0.1, 0.15) is 23.6 Å². The number of amides is 1. The summed E-state index contributed by atoms with van der Waals surface area (Å²) in [6, 6.07) is 9.34. The summed E-state index contributed by atoms with van der Waals surface area (Å²) in [6.45, 7) is 9.37. The van der Waals surface area contributed by atoms with Crippen LogP contribution in [0.1, 0.15) is 32.0 Å². The number of ether oxygens (including phenoxy) is 1. The maximum absolute atomic E-state index is 12.1. The fourth-order valence-corrected chi connectivity index (χ4v) is 2.76. The Labute approximate surface area is 175 Å². The SMILES string of the molecule is CNc1cc(-n2nc(C)cc2Nc2cc(NC(=O)OC(C)(C)C)ccc2C)ncn1. The molecule has 2 heterocycles. The van der Waals surface area contributed by atoms with Crippen LogP contribution < -0.4 is 16.0 Å². The van der Waals surface area contributed by atoms with Crippen LogP contribution in [0.15, 0.2) is 36.7 Å². The van der Waals surface area contributed by atoms with Gasteiger partial charge >= 0.3 is 6.09 Å². The smallest absolute Gasteiger partial charge is 0.412 e. The van der Waals surface area contributed by atoms with Gasteiger partial charge in [-0.05, 0) is 52.3 Å². The second-order valence-corrected chi connectivity index (χ2v) is 7.88. The lowest BCUT2D eigenvalue weighted by molar-refractivity contribution is 0.0636. The average Bonchev–Trinajstić information content (AvgIpc) is 3.03. The van der Waals surface area contributed by atoms with E-state index in [0.29, 0.717) is 17.3 Å². The molecule has 0 radical (unpaired) electrons. The largest absolute Gasteiger partial charge is 0.444 e. The minimum Gasteiger partial charge on any atom is -0.444 e. The zero-order valence-corrected chi connectivity index (χ0v) is 18.1. The number of carbonyl (C=O) groups is 1. The summed E-state index contributed by atoms with van der Waals surface area (Å²) < 4.78 is 7.04. The van der Waals surface area contributed by atoms with E-state index in [1.165, 1.54) is 6.33 Å². The first-order chi connectivity index (χ1) is 14.1. The summed E-state index contributed by atoms with van der Waals surface area (Å²) >= 11 is 0. The predicted octanol–water partition coefficient (Wildman–Crippen LogP) is 4.41. The van der Waals surface area contributed by atoms with Crippen molar-refractivity contribution in [1.82, 2.24) is 19.7 Å². The summed E-state index contributed by atoms with van der Waals surface area (Å²) in [5, 5.41) is 13.7. The Balaban J connectivity index is 1.87. The topological polar surface area (TPSA) is 106 Å². The van der Waals surface area contributed by atoms with Crippen LogP contribution in [-0.4, -0.2) is 38.5 Å². The molecule has 0 atom stereocenters. The minimum absolute atomic E-state index is 0.501. The minimum atomic E-state index is -0.566. The summed E-state index contributed by atoms with van der Waals surface area (Å²) in [6.07, 6.45) is 0.984. The molecule has 0 aliphatic rings. The molecule has 3 rings (SSSR count). The number of rotatable bonds is 5. The van der Waals surface area contributed by atoms with Crippen LogP contribution in [0.2, 0.25) is 0 Å². The summed E-state index contributed by atoms with van der Waals surface area (Å²) in [4.78, 5) is 20.6. The van der Waals surface area contributed by atoms with Gasteiger partial charge in [-0.15, -0.1) is 0 Å². The molecule has 3 N–H and O–H groups in total. The highest BCUT2D eigenvalue weighted by Gasteiger charge is 2.17. The van der Waals surface area contributed by atoms with E-state index in [1.54, 1.807) is 11.7 Å². The number of hydrogen-bond donors (Lipinski definition) is 3. The second-order valence-electron chi connectivity index (χ2n) is 7.88. The quantitative estimate of drug-likeness (QED) is 0.573. The van der Waals surface area contributed by atoms with Gasteiger partial charge in [-0.3, -0.25) is 5.32 Å². The molecule has 30 heavy (non-hydrogen) atoms. The van der Waals surface area contributed by atoms with Crippen molar-refractivity contribution < 1.29 is 9.53 Å². The van der Waals surface area contributed by atoms with Gasteiger partial charge in [-0.1, -0.05) is 6.07 Å². The van der Waals surface area contributed by atoms with Crippen LogP contribution in [0.25, 0.3) is 5.82 Å². The van der Waals surface area contributed by atoms with Crippen LogP contribution in [0.3, 0.4) is 0 Å². The van der Waals surface area contributed by atoms with Crippen LogP contribution in [0.5, 0.6) is 0 Å². The van der Waals surface area contributed by atoms with E-state index in [2.05, 4.69) is 31.0 Å². The lowest BCUT2D eigenvalue weighted by Crippen LogP contribution is -2.27. The number of nitrogens with one attached hydrogen (secondary N) is 3. The van der Waals surface area contributed by atoms with E-state index in [1.807, 2.05) is 65.0 Å². The third-order valence-corrected chi connectivity index (χ3v) is 4.10. The van der Waals surface area contributed by atoms with Gasteiger partial charge in [-0.2, -0.15) is 9.78 Å². The van der Waals surface area contributed by atoms with Crippen molar-refractivity contribution in [3.8, 4) is 5.82 Å². The molecule has 3 aromatic rings. The zero-order chi connectivity index (χ0) is 21.9. The number of carbonyl (C=O) groups excluding carboxylic acids is 1. The van der Waals surface area contributed by atoms with Crippen molar-refractivity contribution in [2.75, 3.05) is 23.0 Å². The monoisotopic (exact) mass is 409 g/mol. The molecule has 2 aromatic heterocycles. The van der Waals surface area contributed by atoms with E-state index in [-0.39, 0.29) is 0 Å². The van der Waals surface area contributed by atoms with Crippen molar-refractivity contribution >= 4 is 29.1 Å². The van der Waals surface area contributed by atoms with E-state index in [4.69, 9.17) is 4.74 Å². The predicted molar refractivity (Wildman–Crippen MR) is 118 cm³/mol. The lowest BCUT2D eigenvalue weighted by Gasteiger charge is -2.20. The second kappa shape index (κ2) is 8.40. The molecule has 0 aliphatic heterocycles. The third-order valence-electron chi connectivity index (χ3n) is 4.10. The Morgan fingerprint density at radius 3 is 2.57 bits per heavy atom. The Bertz CT molecular complexity index is 1050. The molecule has 0 bridgehead atoms. The molecule has 1 amide bonds. The third kappa shape index (κ3) is 5.25. The molecular formula is C21H27N7O2. The summed E-state index contributed by atoms with van der Waals surface area (Å²) in [7, 11) is 1.80. The number of aromatic nitrogens is 4. The van der Waals surface area contributed by atoms with Gasteiger partial charge in [0.25, 0.3) is 0 Å². The van der Waals surface area contributed by atoms with Gasteiger partial charge in [-0.25, -0.2) is 14.8 Å². The molecule has 158 valence electrons. The first-order valence-corrected chi connectivity index (χ1v) is 9.59. The van der Waals surface area contributed by atoms with Crippen LogP contribution in [-0.2, 0) is 4.74 Å². The van der Waals surface area contributed by atoms with Gasteiger partial charge in [0.15, 0.2) is 5.82 Å². The first kappa shape index (κ1) is 21.1. The summed E-state index contributed by atoms with van der Waals surface area (Å²) in [5.41, 5.74) is 2.73. The highest BCUT2D eigenvalue weighted by molar-refractivity contribution is 5.86. The Kier molecular flexibility index (Phi) is 5.91. The van der Waals surface area contributed by atoms with Gasteiger partial charge in [0.2, 0.25) is 0 Å². The van der Waals surface area contributed by atoms with Crippen molar-refractivity contribution in [2.45, 2.75) is 40.2 Å². The normalized spacial score (nSPS) is 11.1. The molecule has 9 heteroatoms. The Morgan fingerprint density at radius 1 is 1.10 bits per heavy atom. The molecular weight excluding hydrogens is 382 g/mol. The molecule has 0 spiro atoms. The number of benzene rings is 1. The molecule has 9 nitrogen and oxygen atoms in total. The number of anilines is 4. The number of nitrogens with zero attached hydrogens (tertiary/aromatic N) is 4. The molecule has 0 saturated heterocycles. The summed E-state index contributed by atoms with van der Waals surface area (Å²) in [5.74, 6) is 2.07. The van der Waals surface area contributed by atoms with E-state index in [0.717, 1.165) is 22.8 Å². The Morgan fingerprint density at radius 2 is 1.87 bits per heavy atom. The van der Waals surface area contributed by atoms with Crippen molar-refractivity contribution in [1.29, 1.82) is 0 Å². The zero-order valence-electron chi connectivity index (χ0n) is 18.1. The fraction of sp³-hybridized carbons (Fsp3) is 0.333. The number of hydrogen-bond acceptors (Lipinski definition) is 7. The molecule has 0 aliphatic carbocycles. The molecule has 1 aromatic carbocycles. The van der Waals surface area contributed by atoms with E-state index in [9.17, 15) is 4.79 Å². The molecule has 0 saturated carbocycles. The number of aryl methyl sites for hydroxylation is 2. The lowest BCUT2D eigenvalue weighted by atomic mass is 10.1. The highest BCUT2D eigenvalue weighted by atomic mass is 16.6. The van der Waals surface area contributed by atoms with E-state index >= 15 is 0 Å². The highest BCUT2D eigenvalue weighted by Crippen LogP contribution is 2.26. The van der Waals surface area contributed by atoms with Crippen molar-refractivity contribution in [2.24, 2.45) is 0 Å². The van der Waals surface area contributed by atoms with Gasteiger partial charge in [0, 0.05) is 30.6 Å². The van der Waals surface area contributed by atoms with Crippen molar-refractivity contribution in [3.63, 3.8) is 0 Å². The fourth-order valence-electron chi connectivity index (χ4n) is 2.76. The van der Waals surface area contributed by atoms with Gasteiger partial charge in [0.05, 0.1) is 5.69 Å². The van der Waals surface area contributed by atoms with Crippen LogP contribution in [0, 0.1) is 13.8 Å². The molecule has 0 fully saturated rings. The first-order valence-electron chi connectivity index (χ1n) is 9.59. The van der Waals surface area contributed by atoms with Crippen LogP contribution in [0.4, 0.5) is 27.8 Å². The standard InChI is InChI=1S/C21H27N7O2/c1-13-7-8-15(25-20(29)30-21(3,4)5)10-16(13)26-19-9-14(2)27-28(19)18-11-17(22-6)23-12-24-18/h7-12,26H,1-6H3,(H,25,29)(H,22,23,24). The molecule has 0 unspecified atom stereocenters. The maximum Gasteiger partial charge on any atom is 0.412 e.